The molecule has 1 aromatic carbocycles. The summed E-state index contributed by atoms with van der Waals surface area (Å²) >= 11 is 0. The molecular weight excluding hydrogens is 258 g/mol. The largest absolute Gasteiger partial charge is 0.497 e. The van der Waals surface area contributed by atoms with E-state index < -0.39 is 0 Å². The smallest absolute Gasteiger partial charge is 0.326 e. The van der Waals surface area contributed by atoms with Crippen molar-refractivity contribution in [1.29, 1.82) is 0 Å². The van der Waals surface area contributed by atoms with Crippen molar-refractivity contribution in [1.82, 2.24) is 4.57 Å². The third-order valence-corrected chi connectivity index (χ3v) is 2.97. The van der Waals surface area contributed by atoms with E-state index in [-0.39, 0.29) is 12.5 Å². The fraction of sp³-hybridized carbons (Fsp3) is 0.400. The molecule has 0 aliphatic rings. The molecule has 5 heteroatoms. The number of ether oxygens (including phenoxy) is 3. The van der Waals surface area contributed by atoms with E-state index in [1.807, 2.05) is 42.0 Å². The summed E-state index contributed by atoms with van der Waals surface area (Å²) in [7, 11) is 1.63. The zero-order chi connectivity index (χ0) is 14.4. The Kier molecular flexibility index (Phi) is 5.01. The van der Waals surface area contributed by atoms with Crippen LogP contribution in [0.5, 0.6) is 5.75 Å². The van der Waals surface area contributed by atoms with E-state index >= 15 is 0 Å². The van der Waals surface area contributed by atoms with Gasteiger partial charge in [0.1, 0.15) is 18.9 Å². The quantitative estimate of drug-likeness (QED) is 0.575. The molecule has 0 spiro atoms. The number of aromatic nitrogens is 1. The summed E-state index contributed by atoms with van der Waals surface area (Å²) in [4.78, 5) is 11.7. The number of hydrogen-bond acceptors (Lipinski definition) is 4. The summed E-state index contributed by atoms with van der Waals surface area (Å²) in [6.07, 6.45) is 1.87. The summed E-state index contributed by atoms with van der Waals surface area (Å²) in [5.74, 6) is 0.535. The van der Waals surface area contributed by atoms with Crippen molar-refractivity contribution in [2.45, 2.75) is 13.5 Å². The summed E-state index contributed by atoms with van der Waals surface area (Å²) in [6, 6.07) is 7.69. The molecule has 0 saturated carbocycles. The highest BCUT2D eigenvalue weighted by molar-refractivity contribution is 5.83. The SMILES string of the molecule is CCOCCOC(=O)Cn1ccc2cc(OC)ccc21. The molecule has 0 aliphatic carbocycles. The molecule has 2 rings (SSSR count). The summed E-state index contributed by atoms with van der Waals surface area (Å²) in [5.41, 5.74) is 0.979. The average molecular weight is 277 g/mol. The molecule has 0 amide bonds. The minimum atomic E-state index is -0.266. The van der Waals surface area contributed by atoms with Gasteiger partial charge in [-0.15, -0.1) is 0 Å². The van der Waals surface area contributed by atoms with Crippen molar-refractivity contribution in [3.63, 3.8) is 0 Å². The van der Waals surface area contributed by atoms with Crippen LogP contribution in [-0.4, -0.2) is 37.5 Å². The second kappa shape index (κ2) is 6.96. The molecular formula is C15H19NO4. The predicted molar refractivity (Wildman–Crippen MR) is 75.9 cm³/mol. The molecule has 0 radical (unpaired) electrons. The van der Waals surface area contributed by atoms with Crippen molar-refractivity contribution in [2.75, 3.05) is 26.9 Å². The predicted octanol–water partition coefficient (Wildman–Crippen LogP) is 2.23. The zero-order valence-corrected chi connectivity index (χ0v) is 11.8. The Labute approximate surface area is 118 Å². The van der Waals surface area contributed by atoms with Crippen molar-refractivity contribution < 1.29 is 19.0 Å². The first-order valence-electron chi connectivity index (χ1n) is 6.61. The van der Waals surface area contributed by atoms with Crippen molar-refractivity contribution in [3.8, 4) is 5.75 Å². The number of esters is 1. The van der Waals surface area contributed by atoms with E-state index in [0.29, 0.717) is 19.8 Å². The Morgan fingerprint density at radius 2 is 2.10 bits per heavy atom. The highest BCUT2D eigenvalue weighted by atomic mass is 16.6. The maximum atomic E-state index is 11.7. The van der Waals surface area contributed by atoms with Crippen LogP contribution in [0.2, 0.25) is 0 Å². The molecule has 0 fully saturated rings. The van der Waals surface area contributed by atoms with Crippen LogP contribution >= 0.6 is 0 Å². The third-order valence-electron chi connectivity index (χ3n) is 2.97. The maximum Gasteiger partial charge on any atom is 0.326 e. The molecule has 0 saturated heterocycles. The second-order valence-electron chi connectivity index (χ2n) is 4.29. The van der Waals surface area contributed by atoms with Gasteiger partial charge in [-0.1, -0.05) is 0 Å². The van der Waals surface area contributed by atoms with Crippen LogP contribution in [0.3, 0.4) is 0 Å². The van der Waals surface area contributed by atoms with Gasteiger partial charge in [0.15, 0.2) is 0 Å². The van der Waals surface area contributed by atoms with E-state index in [9.17, 15) is 4.79 Å². The molecule has 5 nitrogen and oxygen atoms in total. The van der Waals surface area contributed by atoms with Gasteiger partial charge in [0.05, 0.1) is 13.7 Å². The van der Waals surface area contributed by atoms with Crippen LogP contribution in [0.15, 0.2) is 30.5 Å². The van der Waals surface area contributed by atoms with Gasteiger partial charge in [-0.05, 0) is 31.2 Å². The van der Waals surface area contributed by atoms with E-state index in [1.165, 1.54) is 0 Å². The van der Waals surface area contributed by atoms with Crippen LogP contribution in [-0.2, 0) is 20.8 Å². The van der Waals surface area contributed by atoms with Crippen LogP contribution in [0.4, 0.5) is 0 Å². The summed E-state index contributed by atoms with van der Waals surface area (Å²) < 4.78 is 17.3. The fourth-order valence-electron chi connectivity index (χ4n) is 1.99. The van der Waals surface area contributed by atoms with E-state index in [2.05, 4.69) is 0 Å². The summed E-state index contributed by atoms with van der Waals surface area (Å²) in [5, 5.41) is 1.03. The Morgan fingerprint density at radius 1 is 1.25 bits per heavy atom. The van der Waals surface area contributed by atoms with Crippen LogP contribution in [0.25, 0.3) is 10.9 Å². The normalized spacial score (nSPS) is 10.7. The number of carbonyl (C=O) groups excluding carboxylic acids is 1. The first-order valence-corrected chi connectivity index (χ1v) is 6.61. The minimum Gasteiger partial charge on any atom is -0.497 e. The molecule has 0 N–H and O–H groups in total. The fourth-order valence-corrected chi connectivity index (χ4v) is 1.99. The number of rotatable bonds is 7. The number of fused-ring (bicyclic) bond motifs is 1. The van der Waals surface area contributed by atoms with Gasteiger partial charge in [0.2, 0.25) is 0 Å². The molecule has 1 heterocycles. The number of hydrogen-bond donors (Lipinski definition) is 0. The van der Waals surface area contributed by atoms with Crippen molar-refractivity contribution >= 4 is 16.9 Å². The first kappa shape index (κ1) is 14.4. The number of methoxy groups -OCH3 is 1. The van der Waals surface area contributed by atoms with Gasteiger partial charge < -0.3 is 18.8 Å². The lowest BCUT2D eigenvalue weighted by atomic mass is 10.2. The van der Waals surface area contributed by atoms with Gasteiger partial charge in [0, 0.05) is 23.7 Å². The van der Waals surface area contributed by atoms with E-state index in [0.717, 1.165) is 16.7 Å². The molecule has 20 heavy (non-hydrogen) atoms. The molecule has 0 bridgehead atoms. The lowest BCUT2D eigenvalue weighted by molar-refractivity contribution is -0.145. The van der Waals surface area contributed by atoms with Gasteiger partial charge in [-0.2, -0.15) is 0 Å². The average Bonchev–Trinajstić information content (AvgIpc) is 2.86. The third kappa shape index (κ3) is 3.51. The lowest BCUT2D eigenvalue weighted by Crippen LogP contribution is -2.15. The molecule has 1 aromatic heterocycles. The van der Waals surface area contributed by atoms with Gasteiger partial charge >= 0.3 is 5.97 Å². The number of nitrogens with zero attached hydrogens (tertiary/aromatic N) is 1. The number of benzene rings is 1. The van der Waals surface area contributed by atoms with Crippen molar-refractivity contribution in [2.24, 2.45) is 0 Å². The Hall–Kier alpha value is -2.01. The second-order valence-corrected chi connectivity index (χ2v) is 4.29. The van der Waals surface area contributed by atoms with Crippen LogP contribution in [0, 0.1) is 0 Å². The van der Waals surface area contributed by atoms with Gasteiger partial charge in [-0.3, -0.25) is 4.79 Å². The molecule has 0 aliphatic heterocycles. The highest BCUT2D eigenvalue weighted by Gasteiger charge is 2.08. The van der Waals surface area contributed by atoms with Crippen LogP contribution < -0.4 is 4.74 Å². The molecule has 0 atom stereocenters. The maximum absolute atomic E-state index is 11.7. The highest BCUT2D eigenvalue weighted by Crippen LogP contribution is 2.21. The monoisotopic (exact) mass is 277 g/mol. The topological polar surface area (TPSA) is 49.7 Å². The van der Waals surface area contributed by atoms with E-state index in [4.69, 9.17) is 14.2 Å². The Balaban J connectivity index is 1.97. The Morgan fingerprint density at radius 3 is 2.85 bits per heavy atom. The molecule has 0 unspecified atom stereocenters. The van der Waals surface area contributed by atoms with Gasteiger partial charge in [-0.25, -0.2) is 0 Å². The van der Waals surface area contributed by atoms with Crippen molar-refractivity contribution in [3.05, 3.63) is 30.5 Å². The molecule has 2 aromatic rings. The van der Waals surface area contributed by atoms with Gasteiger partial charge in [0.25, 0.3) is 0 Å². The molecule has 108 valence electrons. The lowest BCUT2D eigenvalue weighted by Gasteiger charge is -2.07. The Bertz CT molecular complexity index is 576. The zero-order valence-electron chi connectivity index (χ0n) is 11.8. The summed E-state index contributed by atoms with van der Waals surface area (Å²) in [6.45, 7) is 3.46. The van der Waals surface area contributed by atoms with E-state index in [1.54, 1.807) is 7.11 Å². The first-order chi connectivity index (χ1) is 9.74. The van der Waals surface area contributed by atoms with Crippen LogP contribution in [0.1, 0.15) is 6.92 Å². The number of carbonyl (C=O) groups is 1. The standard InChI is InChI=1S/C15H19NO4/c1-3-19-8-9-20-15(17)11-16-7-6-12-10-13(18-2)4-5-14(12)16/h4-7,10H,3,8-9,11H2,1-2H3. The minimum absolute atomic E-state index is 0.196.